The molecule has 0 bridgehead atoms. The van der Waals surface area contributed by atoms with Gasteiger partial charge in [-0.25, -0.2) is 8.42 Å². The molecule has 1 unspecified atom stereocenters. The van der Waals surface area contributed by atoms with Gasteiger partial charge in [-0.1, -0.05) is 66.5 Å². The average Bonchev–Trinajstić information content (AvgIpc) is 2.89. The molecule has 0 aliphatic rings. The Morgan fingerprint density at radius 1 is 0.919 bits per heavy atom. The average molecular weight is 563 g/mol. The molecule has 37 heavy (non-hydrogen) atoms. The van der Waals surface area contributed by atoms with E-state index in [-0.39, 0.29) is 23.0 Å². The van der Waals surface area contributed by atoms with E-state index >= 15 is 0 Å². The van der Waals surface area contributed by atoms with E-state index in [1.54, 1.807) is 25.1 Å². The Bertz CT molecular complexity index is 1320. The molecule has 0 saturated heterocycles. The second-order valence-electron chi connectivity index (χ2n) is 8.42. The van der Waals surface area contributed by atoms with Gasteiger partial charge in [0.2, 0.25) is 11.8 Å². The third-order valence-corrected chi connectivity index (χ3v) is 7.96. The van der Waals surface area contributed by atoms with Gasteiger partial charge in [0.1, 0.15) is 12.6 Å². The van der Waals surface area contributed by atoms with Crippen LogP contribution in [0.2, 0.25) is 10.0 Å². The fraction of sp³-hybridized carbons (Fsp3) is 0.259. The summed E-state index contributed by atoms with van der Waals surface area (Å²) in [4.78, 5) is 27.9. The van der Waals surface area contributed by atoms with Crippen LogP contribution in [0.1, 0.15) is 25.8 Å². The van der Waals surface area contributed by atoms with E-state index in [0.29, 0.717) is 16.6 Å². The molecule has 1 N–H and O–H groups in total. The molecule has 0 heterocycles. The summed E-state index contributed by atoms with van der Waals surface area (Å²) in [5.74, 6) is -0.860. The number of benzene rings is 3. The molecule has 3 aromatic rings. The Labute approximate surface area is 228 Å². The molecule has 0 radical (unpaired) electrons. The summed E-state index contributed by atoms with van der Waals surface area (Å²) in [6.07, 6.45) is 0.743. The maximum absolute atomic E-state index is 13.8. The number of sulfonamides is 1. The van der Waals surface area contributed by atoms with Gasteiger partial charge in [0.25, 0.3) is 10.0 Å². The lowest BCUT2D eigenvalue weighted by Crippen LogP contribution is -2.51. The van der Waals surface area contributed by atoms with Crippen molar-refractivity contribution in [1.82, 2.24) is 10.2 Å². The van der Waals surface area contributed by atoms with E-state index in [0.717, 1.165) is 16.3 Å². The molecule has 3 aromatic carbocycles. The molecule has 3 rings (SSSR count). The number of amides is 2. The smallest absolute Gasteiger partial charge is 0.264 e. The van der Waals surface area contributed by atoms with Crippen molar-refractivity contribution in [2.24, 2.45) is 0 Å². The van der Waals surface area contributed by atoms with Gasteiger partial charge >= 0.3 is 0 Å². The molecule has 0 spiro atoms. The summed E-state index contributed by atoms with van der Waals surface area (Å²) < 4.78 is 28.4. The van der Waals surface area contributed by atoms with Gasteiger partial charge in [-0.15, -0.1) is 0 Å². The minimum Gasteiger partial charge on any atom is -0.354 e. The number of anilines is 1. The Balaban J connectivity index is 2.00. The second kappa shape index (κ2) is 12.9. The van der Waals surface area contributed by atoms with Gasteiger partial charge in [0.15, 0.2) is 0 Å². The molecule has 0 aliphatic carbocycles. The first-order valence-electron chi connectivity index (χ1n) is 11.8. The first-order valence-corrected chi connectivity index (χ1v) is 14.0. The Kier molecular flexibility index (Phi) is 9.97. The molecule has 2 amide bonds. The zero-order chi connectivity index (χ0) is 27.0. The lowest BCUT2D eigenvalue weighted by Gasteiger charge is -2.32. The van der Waals surface area contributed by atoms with Gasteiger partial charge in [-0.05, 0) is 61.4 Å². The van der Waals surface area contributed by atoms with Crippen molar-refractivity contribution in [3.63, 3.8) is 0 Å². The van der Waals surface area contributed by atoms with Crippen LogP contribution in [0.15, 0.2) is 83.8 Å². The van der Waals surface area contributed by atoms with Gasteiger partial charge < -0.3 is 10.2 Å². The molecular formula is C27H29Cl2N3O4S. The molecule has 10 heteroatoms. The van der Waals surface area contributed by atoms with Crippen LogP contribution < -0.4 is 9.62 Å². The fourth-order valence-electron chi connectivity index (χ4n) is 3.65. The SMILES string of the molecule is CCCNC(=O)C(C)N(Cc1ccccc1)C(=O)CN(c1cccc(Cl)c1)S(=O)(=O)c1ccc(Cl)cc1. The first-order chi connectivity index (χ1) is 17.6. The highest BCUT2D eigenvalue weighted by Crippen LogP contribution is 2.27. The quantitative estimate of drug-likeness (QED) is 0.351. The van der Waals surface area contributed by atoms with Gasteiger partial charge in [-0.3, -0.25) is 13.9 Å². The third-order valence-electron chi connectivity index (χ3n) is 5.69. The van der Waals surface area contributed by atoms with Crippen LogP contribution in [0, 0.1) is 0 Å². The lowest BCUT2D eigenvalue weighted by molar-refractivity contribution is -0.139. The van der Waals surface area contributed by atoms with E-state index < -0.39 is 28.5 Å². The molecule has 196 valence electrons. The highest BCUT2D eigenvalue weighted by atomic mass is 35.5. The number of carbonyl (C=O) groups is 2. The second-order valence-corrected chi connectivity index (χ2v) is 11.2. The van der Waals surface area contributed by atoms with Crippen LogP contribution in [0.4, 0.5) is 5.69 Å². The monoisotopic (exact) mass is 561 g/mol. The molecular weight excluding hydrogens is 533 g/mol. The Morgan fingerprint density at radius 2 is 1.59 bits per heavy atom. The van der Waals surface area contributed by atoms with Crippen molar-refractivity contribution in [1.29, 1.82) is 0 Å². The largest absolute Gasteiger partial charge is 0.354 e. The number of halogens is 2. The zero-order valence-corrected chi connectivity index (χ0v) is 22.9. The van der Waals surface area contributed by atoms with Crippen LogP contribution in [0.25, 0.3) is 0 Å². The number of nitrogens with zero attached hydrogens (tertiary/aromatic N) is 2. The van der Waals surface area contributed by atoms with Crippen LogP contribution in [-0.4, -0.2) is 44.3 Å². The van der Waals surface area contributed by atoms with Crippen molar-refractivity contribution in [3.8, 4) is 0 Å². The highest BCUT2D eigenvalue weighted by molar-refractivity contribution is 7.92. The minimum absolute atomic E-state index is 0.0342. The van der Waals surface area contributed by atoms with E-state index in [9.17, 15) is 18.0 Å². The van der Waals surface area contributed by atoms with Crippen molar-refractivity contribution in [3.05, 3.63) is 94.5 Å². The normalized spacial score (nSPS) is 12.0. The van der Waals surface area contributed by atoms with Crippen LogP contribution in [0.5, 0.6) is 0 Å². The van der Waals surface area contributed by atoms with Crippen molar-refractivity contribution in [2.45, 2.75) is 37.8 Å². The molecule has 0 aliphatic heterocycles. The molecule has 0 fully saturated rings. The first kappa shape index (κ1) is 28.5. The number of hydrogen-bond donors (Lipinski definition) is 1. The summed E-state index contributed by atoms with van der Waals surface area (Å²) in [6.45, 7) is 3.62. The topological polar surface area (TPSA) is 86.8 Å². The number of carbonyl (C=O) groups excluding carboxylic acids is 2. The van der Waals surface area contributed by atoms with Gasteiger partial charge in [0.05, 0.1) is 10.6 Å². The predicted molar refractivity (Wildman–Crippen MR) is 147 cm³/mol. The number of hydrogen-bond acceptors (Lipinski definition) is 4. The number of rotatable bonds is 11. The summed E-state index contributed by atoms with van der Waals surface area (Å²) >= 11 is 12.1. The van der Waals surface area contributed by atoms with Gasteiger partial charge in [-0.2, -0.15) is 0 Å². The van der Waals surface area contributed by atoms with Crippen LogP contribution in [-0.2, 0) is 26.2 Å². The van der Waals surface area contributed by atoms with Crippen LogP contribution in [0.3, 0.4) is 0 Å². The minimum atomic E-state index is -4.18. The Hall–Kier alpha value is -3.07. The highest BCUT2D eigenvalue weighted by Gasteiger charge is 2.32. The van der Waals surface area contributed by atoms with Crippen molar-refractivity contribution in [2.75, 3.05) is 17.4 Å². The van der Waals surface area contributed by atoms with E-state index in [2.05, 4.69) is 5.32 Å². The van der Waals surface area contributed by atoms with E-state index in [1.807, 2.05) is 37.3 Å². The molecule has 1 atom stereocenters. The van der Waals surface area contributed by atoms with Gasteiger partial charge in [0, 0.05) is 23.1 Å². The van der Waals surface area contributed by atoms with E-state index in [1.165, 1.54) is 35.2 Å². The summed E-state index contributed by atoms with van der Waals surface area (Å²) in [7, 11) is -4.18. The maximum Gasteiger partial charge on any atom is 0.264 e. The lowest BCUT2D eigenvalue weighted by atomic mass is 10.1. The van der Waals surface area contributed by atoms with E-state index in [4.69, 9.17) is 23.2 Å². The standard InChI is InChI=1S/C27H29Cl2N3O4S/c1-3-16-30-27(34)20(2)31(18-21-8-5-4-6-9-21)26(33)19-32(24-11-7-10-23(29)17-24)37(35,36)25-14-12-22(28)13-15-25/h4-15,17,20H,3,16,18-19H2,1-2H3,(H,30,34). The molecule has 0 aromatic heterocycles. The predicted octanol–water partition coefficient (Wildman–Crippen LogP) is 5.13. The van der Waals surface area contributed by atoms with Crippen molar-refractivity contribution >= 4 is 50.7 Å². The third kappa shape index (κ3) is 7.47. The summed E-state index contributed by atoms with van der Waals surface area (Å²) in [6, 6.07) is 20.3. The fourth-order valence-corrected chi connectivity index (χ4v) is 5.37. The Morgan fingerprint density at radius 3 is 2.22 bits per heavy atom. The zero-order valence-electron chi connectivity index (χ0n) is 20.6. The summed E-state index contributed by atoms with van der Waals surface area (Å²) in [5.41, 5.74) is 1.03. The maximum atomic E-state index is 13.8. The molecule has 7 nitrogen and oxygen atoms in total. The number of nitrogens with one attached hydrogen (secondary N) is 1. The van der Waals surface area contributed by atoms with Crippen LogP contribution >= 0.6 is 23.2 Å². The van der Waals surface area contributed by atoms with Crippen molar-refractivity contribution < 1.29 is 18.0 Å². The molecule has 0 saturated carbocycles. The summed E-state index contributed by atoms with van der Waals surface area (Å²) in [5, 5.41) is 3.51.